The minimum absolute atomic E-state index is 0. The number of halogens is 3. The Bertz CT molecular complexity index is 1000. The second-order valence-corrected chi connectivity index (χ2v) is 11.2. The fourth-order valence-electron chi connectivity index (χ4n) is 2.02. The molecule has 0 bridgehead atoms. The average Bonchev–Trinajstić information content (AvgIpc) is 3.53. The first kappa shape index (κ1) is 27.7. The van der Waals surface area contributed by atoms with Gasteiger partial charge in [0.2, 0.25) is 0 Å². The molecule has 12 heteroatoms. The zero-order chi connectivity index (χ0) is 21.8. The fourth-order valence-corrected chi connectivity index (χ4v) is 4.66. The van der Waals surface area contributed by atoms with Crippen molar-refractivity contribution in [2.75, 3.05) is 11.5 Å². The predicted molar refractivity (Wildman–Crippen MR) is 116 cm³/mol. The van der Waals surface area contributed by atoms with E-state index in [4.69, 9.17) is 11.5 Å². The van der Waals surface area contributed by atoms with Gasteiger partial charge in [-0.25, -0.2) is 17.2 Å². The predicted octanol–water partition coefficient (Wildman–Crippen LogP) is 0.388. The molecule has 0 spiro atoms. The molecule has 4 N–H and O–H groups in total. The van der Waals surface area contributed by atoms with Crippen LogP contribution in [0.5, 0.6) is 0 Å². The van der Waals surface area contributed by atoms with E-state index in [-0.39, 0.29) is 62.1 Å². The van der Waals surface area contributed by atoms with Gasteiger partial charge in [0.15, 0.2) is 9.84 Å². The molecule has 0 amide bonds. The smallest absolute Gasteiger partial charge is 0.772 e. The first-order chi connectivity index (χ1) is 13.5. The SMILES string of the molecule is Nc1ccc(I)cc1F.Nc1ccc(S(=O)(=O)C2CC2)cc1F.O=S([O-])C1CC1.[Na+]. The molecule has 30 heavy (non-hydrogen) atoms. The van der Waals surface area contributed by atoms with Gasteiger partial charge in [0, 0.05) is 8.82 Å². The van der Waals surface area contributed by atoms with Crippen LogP contribution in [0.3, 0.4) is 0 Å². The van der Waals surface area contributed by atoms with Gasteiger partial charge in [-0.1, -0.05) is 11.1 Å². The van der Waals surface area contributed by atoms with Gasteiger partial charge in [-0.15, -0.1) is 0 Å². The Labute approximate surface area is 212 Å². The monoisotopic (exact) mass is 580 g/mol. The van der Waals surface area contributed by atoms with Crippen LogP contribution < -0.4 is 41.0 Å². The van der Waals surface area contributed by atoms with E-state index < -0.39 is 26.7 Å². The second-order valence-electron chi connectivity index (χ2n) is 6.55. The zero-order valence-corrected chi connectivity index (χ0v) is 22.0. The summed E-state index contributed by atoms with van der Waals surface area (Å²) in [5.41, 5.74) is 10.6. The van der Waals surface area contributed by atoms with Gasteiger partial charge >= 0.3 is 29.6 Å². The third kappa shape index (κ3) is 8.67. The van der Waals surface area contributed by atoms with Crippen molar-refractivity contribution >= 4 is 54.9 Å². The van der Waals surface area contributed by atoms with Crippen LogP contribution in [0.4, 0.5) is 20.2 Å². The van der Waals surface area contributed by atoms with Gasteiger partial charge in [-0.3, -0.25) is 4.21 Å². The van der Waals surface area contributed by atoms with Crippen molar-refractivity contribution in [2.24, 2.45) is 0 Å². The summed E-state index contributed by atoms with van der Waals surface area (Å²) in [7, 11) is -3.30. The summed E-state index contributed by atoms with van der Waals surface area (Å²) in [5, 5.41) is -0.296. The Morgan fingerprint density at radius 1 is 0.967 bits per heavy atom. The molecule has 2 aliphatic carbocycles. The topological polar surface area (TPSA) is 126 Å². The van der Waals surface area contributed by atoms with E-state index in [0.29, 0.717) is 12.8 Å². The van der Waals surface area contributed by atoms with Crippen LogP contribution in [0.1, 0.15) is 25.7 Å². The fraction of sp³-hybridized carbons (Fsp3) is 0.333. The summed E-state index contributed by atoms with van der Waals surface area (Å²) in [5.74, 6) is -1.02. The zero-order valence-electron chi connectivity index (χ0n) is 16.2. The summed E-state index contributed by atoms with van der Waals surface area (Å²) in [6, 6.07) is 8.34. The number of nitrogen functional groups attached to an aromatic ring is 2. The maximum Gasteiger partial charge on any atom is 1.00 e. The number of anilines is 2. The maximum atomic E-state index is 13.0. The normalized spacial score (nSPS) is 16.1. The molecule has 0 saturated heterocycles. The first-order valence-corrected chi connectivity index (χ1v) is 12.4. The maximum absolute atomic E-state index is 13.0. The van der Waals surface area contributed by atoms with Crippen molar-refractivity contribution in [3.63, 3.8) is 0 Å². The van der Waals surface area contributed by atoms with E-state index in [1.807, 2.05) is 22.6 Å². The molecule has 0 aromatic heterocycles. The van der Waals surface area contributed by atoms with Crippen LogP contribution in [0, 0.1) is 15.2 Å². The number of hydrogen-bond acceptors (Lipinski definition) is 6. The van der Waals surface area contributed by atoms with Gasteiger partial charge in [0.1, 0.15) is 11.6 Å². The molecular formula is C18H20F2IN2NaO4S2. The van der Waals surface area contributed by atoms with E-state index in [1.54, 1.807) is 12.1 Å². The van der Waals surface area contributed by atoms with Gasteiger partial charge < -0.3 is 16.0 Å². The van der Waals surface area contributed by atoms with Gasteiger partial charge in [-0.05, 0) is 84.7 Å². The second kappa shape index (κ2) is 12.1. The van der Waals surface area contributed by atoms with E-state index in [1.165, 1.54) is 18.2 Å². The van der Waals surface area contributed by atoms with E-state index in [0.717, 1.165) is 22.5 Å². The van der Waals surface area contributed by atoms with Gasteiger partial charge in [0.05, 0.1) is 21.5 Å². The minimum atomic E-state index is -3.30. The Kier molecular flexibility index (Phi) is 11.2. The average molecular weight is 580 g/mol. The molecule has 2 aromatic carbocycles. The molecule has 2 aliphatic rings. The van der Waals surface area contributed by atoms with Crippen molar-refractivity contribution < 1.29 is 55.5 Å². The summed E-state index contributed by atoms with van der Waals surface area (Å²) < 4.78 is 69.1. The quantitative estimate of drug-likeness (QED) is 0.234. The molecule has 2 fully saturated rings. The van der Waals surface area contributed by atoms with Gasteiger partial charge in [0.25, 0.3) is 0 Å². The van der Waals surface area contributed by atoms with Gasteiger partial charge in [-0.2, -0.15) is 0 Å². The van der Waals surface area contributed by atoms with E-state index >= 15 is 0 Å². The van der Waals surface area contributed by atoms with E-state index in [9.17, 15) is 26.0 Å². The number of rotatable bonds is 3. The van der Waals surface area contributed by atoms with E-state index in [2.05, 4.69) is 0 Å². The van der Waals surface area contributed by atoms with Crippen molar-refractivity contribution in [1.29, 1.82) is 0 Å². The standard InChI is InChI=1S/C9H10FNO2S.C6H5FIN.C3H6O2S.Na/c10-8-5-7(3-4-9(8)11)14(12,13)6-1-2-6;7-5-3-4(8)1-2-6(5)9;4-6(5)3-1-2-3;/h3-6H,1-2,11H2;1-3H,9H2;3H,1-2H2,(H,4,5);/q;;;+1/p-1. The molecule has 0 heterocycles. The van der Waals surface area contributed by atoms with Crippen molar-refractivity contribution in [1.82, 2.24) is 0 Å². The van der Waals surface area contributed by atoms with Crippen LogP contribution in [0.15, 0.2) is 41.3 Å². The molecule has 4 rings (SSSR count). The molecule has 0 radical (unpaired) electrons. The molecule has 160 valence electrons. The Hall–Kier alpha value is -0.310. The third-order valence-corrected chi connectivity index (χ3v) is 7.97. The summed E-state index contributed by atoms with van der Waals surface area (Å²) in [6.07, 6.45) is 3.12. The minimum Gasteiger partial charge on any atom is -0.772 e. The number of hydrogen-bond donors (Lipinski definition) is 2. The van der Waals surface area contributed by atoms with Crippen LogP contribution >= 0.6 is 22.6 Å². The Morgan fingerprint density at radius 2 is 1.47 bits per heavy atom. The number of benzene rings is 2. The van der Waals surface area contributed by atoms with Crippen molar-refractivity contribution in [2.45, 2.75) is 41.1 Å². The van der Waals surface area contributed by atoms with Crippen molar-refractivity contribution in [3.05, 3.63) is 51.6 Å². The summed E-state index contributed by atoms with van der Waals surface area (Å²) in [6.45, 7) is 0. The number of nitrogens with two attached hydrogens (primary N) is 2. The van der Waals surface area contributed by atoms with Crippen LogP contribution in [0.25, 0.3) is 0 Å². The third-order valence-electron chi connectivity index (χ3n) is 4.02. The molecular weight excluding hydrogens is 560 g/mol. The largest absolute Gasteiger partial charge is 1.00 e. The first-order valence-electron chi connectivity index (χ1n) is 8.60. The summed E-state index contributed by atoms with van der Waals surface area (Å²) in [4.78, 5) is 0.0340. The Balaban J connectivity index is 0.000000242. The summed E-state index contributed by atoms with van der Waals surface area (Å²) >= 11 is 0.270. The molecule has 0 aliphatic heterocycles. The molecule has 6 nitrogen and oxygen atoms in total. The molecule has 1 unspecified atom stereocenters. The van der Waals surface area contributed by atoms with Crippen molar-refractivity contribution in [3.8, 4) is 0 Å². The molecule has 2 saturated carbocycles. The van der Waals surface area contributed by atoms with Crippen LogP contribution in [0.2, 0.25) is 0 Å². The molecule has 2 aromatic rings. The number of sulfone groups is 1. The Morgan fingerprint density at radius 3 is 1.80 bits per heavy atom. The molecule has 1 atom stereocenters. The van der Waals surface area contributed by atoms with Crippen LogP contribution in [-0.4, -0.2) is 27.7 Å². The van der Waals surface area contributed by atoms with Crippen LogP contribution in [-0.2, 0) is 20.9 Å².